The number of nitrogens with one attached hydrogen (secondary N) is 1. The SMILES string of the molecule is CC(C)(C)OC(=O)NCC1CCCN1CC1COCCO1. The number of nitrogens with zero attached hydrogens (tertiary/aromatic N) is 1. The van der Waals surface area contributed by atoms with Crippen molar-refractivity contribution in [2.45, 2.75) is 51.4 Å². The summed E-state index contributed by atoms with van der Waals surface area (Å²) in [5.74, 6) is 0. The van der Waals surface area contributed by atoms with Gasteiger partial charge < -0.3 is 19.5 Å². The third kappa shape index (κ3) is 5.80. The highest BCUT2D eigenvalue weighted by Crippen LogP contribution is 2.18. The second kappa shape index (κ2) is 7.42. The number of carbonyl (C=O) groups is 1. The number of ether oxygens (including phenoxy) is 3. The summed E-state index contributed by atoms with van der Waals surface area (Å²) in [6.07, 6.45) is 2.07. The zero-order chi connectivity index (χ0) is 15.3. The Morgan fingerprint density at radius 1 is 1.38 bits per heavy atom. The molecule has 0 bridgehead atoms. The number of carbonyl (C=O) groups excluding carboxylic acids is 1. The molecular formula is C15H28N2O4. The quantitative estimate of drug-likeness (QED) is 0.850. The molecule has 6 heteroatoms. The molecule has 1 N–H and O–H groups in total. The number of likely N-dealkylation sites (tertiary alicyclic amines) is 1. The van der Waals surface area contributed by atoms with Crippen LogP contribution in [0, 0.1) is 0 Å². The topological polar surface area (TPSA) is 60.0 Å². The first kappa shape index (κ1) is 16.5. The van der Waals surface area contributed by atoms with Crippen LogP contribution in [0.5, 0.6) is 0 Å². The van der Waals surface area contributed by atoms with Crippen molar-refractivity contribution in [2.24, 2.45) is 0 Å². The average Bonchev–Trinajstić information content (AvgIpc) is 2.83. The van der Waals surface area contributed by atoms with E-state index in [1.165, 1.54) is 0 Å². The molecule has 6 nitrogen and oxygen atoms in total. The molecule has 0 spiro atoms. The maximum Gasteiger partial charge on any atom is 0.407 e. The van der Waals surface area contributed by atoms with Crippen LogP contribution in [-0.2, 0) is 14.2 Å². The predicted octanol–water partition coefficient (Wildman–Crippen LogP) is 1.39. The van der Waals surface area contributed by atoms with Crippen molar-refractivity contribution in [2.75, 3.05) is 39.5 Å². The largest absolute Gasteiger partial charge is 0.444 e. The second-order valence-corrected chi connectivity index (χ2v) is 6.74. The van der Waals surface area contributed by atoms with Crippen LogP contribution in [0.3, 0.4) is 0 Å². The normalized spacial score (nSPS) is 27.6. The van der Waals surface area contributed by atoms with Crippen molar-refractivity contribution >= 4 is 6.09 Å². The van der Waals surface area contributed by atoms with E-state index in [2.05, 4.69) is 10.2 Å². The van der Waals surface area contributed by atoms with E-state index in [1.807, 2.05) is 20.8 Å². The number of rotatable bonds is 4. The first-order valence-corrected chi connectivity index (χ1v) is 7.84. The van der Waals surface area contributed by atoms with E-state index in [0.29, 0.717) is 32.4 Å². The van der Waals surface area contributed by atoms with Crippen LogP contribution in [0.2, 0.25) is 0 Å². The second-order valence-electron chi connectivity index (χ2n) is 6.74. The molecular weight excluding hydrogens is 272 g/mol. The number of alkyl carbamates (subject to hydrolysis) is 1. The Kier molecular flexibility index (Phi) is 5.84. The lowest BCUT2D eigenvalue weighted by molar-refractivity contribution is -0.0983. The van der Waals surface area contributed by atoms with Gasteiger partial charge in [-0.1, -0.05) is 0 Å². The summed E-state index contributed by atoms with van der Waals surface area (Å²) in [4.78, 5) is 14.1. The third-order valence-electron chi connectivity index (χ3n) is 3.70. The Morgan fingerprint density at radius 2 is 2.19 bits per heavy atom. The molecule has 2 aliphatic heterocycles. The van der Waals surface area contributed by atoms with Gasteiger partial charge in [0, 0.05) is 19.1 Å². The lowest BCUT2D eigenvalue weighted by Gasteiger charge is -2.31. The molecule has 122 valence electrons. The highest BCUT2D eigenvalue weighted by molar-refractivity contribution is 5.67. The van der Waals surface area contributed by atoms with Crippen molar-refractivity contribution in [3.8, 4) is 0 Å². The van der Waals surface area contributed by atoms with Crippen LogP contribution in [0.15, 0.2) is 0 Å². The zero-order valence-electron chi connectivity index (χ0n) is 13.4. The molecule has 2 aliphatic rings. The molecule has 0 aromatic heterocycles. The van der Waals surface area contributed by atoms with Crippen molar-refractivity contribution in [1.82, 2.24) is 10.2 Å². The van der Waals surface area contributed by atoms with Crippen LogP contribution >= 0.6 is 0 Å². The van der Waals surface area contributed by atoms with E-state index >= 15 is 0 Å². The van der Waals surface area contributed by atoms with Crippen molar-refractivity contribution in [3.63, 3.8) is 0 Å². The smallest absolute Gasteiger partial charge is 0.407 e. The minimum absolute atomic E-state index is 0.154. The van der Waals surface area contributed by atoms with E-state index in [9.17, 15) is 4.79 Å². The minimum atomic E-state index is -0.452. The van der Waals surface area contributed by atoms with E-state index in [0.717, 1.165) is 25.9 Å². The summed E-state index contributed by atoms with van der Waals surface area (Å²) in [7, 11) is 0. The van der Waals surface area contributed by atoms with Gasteiger partial charge in [-0.25, -0.2) is 4.79 Å². The lowest BCUT2D eigenvalue weighted by Crippen LogP contribution is -2.46. The molecule has 0 aromatic carbocycles. The maximum absolute atomic E-state index is 11.7. The number of hydrogen-bond donors (Lipinski definition) is 1. The van der Waals surface area contributed by atoms with Gasteiger partial charge in [0.25, 0.3) is 0 Å². The van der Waals surface area contributed by atoms with Crippen molar-refractivity contribution in [3.05, 3.63) is 0 Å². The molecule has 2 atom stereocenters. The standard InChI is InChI=1S/C15H28N2O4/c1-15(2,3)21-14(18)16-9-12-5-4-6-17(12)10-13-11-19-7-8-20-13/h12-13H,4-11H2,1-3H3,(H,16,18). The Morgan fingerprint density at radius 3 is 2.86 bits per heavy atom. The molecule has 0 saturated carbocycles. The summed E-state index contributed by atoms with van der Waals surface area (Å²) < 4.78 is 16.4. The first-order valence-electron chi connectivity index (χ1n) is 7.84. The van der Waals surface area contributed by atoms with Crippen LogP contribution in [-0.4, -0.2) is 68.2 Å². The van der Waals surface area contributed by atoms with E-state index < -0.39 is 5.60 Å². The molecule has 0 aliphatic carbocycles. The molecule has 21 heavy (non-hydrogen) atoms. The summed E-state index contributed by atoms with van der Waals surface area (Å²) in [6.45, 7) is 10.2. The highest BCUT2D eigenvalue weighted by atomic mass is 16.6. The Balaban J connectivity index is 1.72. The maximum atomic E-state index is 11.7. The lowest BCUT2D eigenvalue weighted by atomic mass is 10.2. The molecule has 1 amide bonds. The third-order valence-corrected chi connectivity index (χ3v) is 3.70. The van der Waals surface area contributed by atoms with Crippen molar-refractivity contribution in [1.29, 1.82) is 0 Å². The van der Waals surface area contributed by atoms with Gasteiger partial charge in [-0.15, -0.1) is 0 Å². The fourth-order valence-corrected chi connectivity index (χ4v) is 2.79. The highest BCUT2D eigenvalue weighted by Gasteiger charge is 2.28. The molecule has 0 radical (unpaired) electrons. The van der Waals surface area contributed by atoms with Crippen LogP contribution in [0.4, 0.5) is 4.79 Å². The van der Waals surface area contributed by atoms with Gasteiger partial charge in [-0.3, -0.25) is 4.90 Å². The van der Waals surface area contributed by atoms with E-state index in [1.54, 1.807) is 0 Å². The van der Waals surface area contributed by atoms with Gasteiger partial charge in [0.1, 0.15) is 5.60 Å². The van der Waals surface area contributed by atoms with Gasteiger partial charge in [0.2, 0.25) is 0 Å². The van der Waals surface area contributed by atoms with E-state index in [4.69, 9.17) is 14.2 Å². The summed E-state index contributed by atoms with van der Waals surface area (Å²) in [5, 5.41) is 2.87. The first-order chi connectivity index (χ1) is 9.94. The fourth-order valence-electron chi connectivity index (χ4n) is 2.79. The number of hydrogen-bond acceptors (Lipinski definition) is 5. The minimum Gasteiger partial charge on any atom is -0.444 e. The van der Waals surface area contributed by atoms with Gasteiger partial charge in [-0.2, -0.15) is 0 Å². The zero-order valence-corrected chi connectivity index (χ0v) is 13.4. The van der Waals surface area contributed by atoms with Crippen LogP contribution in [0.25, 0.3) is 0 Å². The molecule has 0 aromatic rings. The summed E-state index contributed by atoms with van der Waals surface area (Å²) >= 11 is 0. The molecule has 2 saturated heterocycles. The van der Waals surface area contributed by atoms with Gasteiger partial charge in [0.05, 0.1) is 25.9 Å². The van der Waals surface area contributed by atoms with Crippen LogP contribution in [0.1, 0.15) is 33.6 Å². The van der Waals surface area contributed by atoms with Gasteiger partial charge >= 0.3 is 6.09 Å². The molecule has 2 rings (SSSR count). The molecule has 2 heterocycles. The monoisotopic (exact) mass is 300 g/mol. The van der Waals surface area contributed by atoms with Crippen LogP contribution < -0.4 is 5.32 Å². The predicted molar refractivity (Wildman–Crippen MR) is 79.4 cm³/mol. The van der Waals surface area contributed by atoms with Gasteiger partial charge in [0.15, 0.2) is 0 Å². The Bertz CT molecular complexity index is 337. The Hall–Kier alpha value is -0.850. The van der Waals surface area contributed by atoms with Crippen molar-refractivity contribution < 1.29 is 19.0 Å². The summed E-state index contributed by atoms with van der Waals surface area (Å²) in [5.41, 5.74) is -0.452. The Labute approximate surface area is 127 Å². The number of amides is 1. The van der Waals surface area contributed by atoms with E-state index in [-0.39, 0.29) is 12.2 Å². The summed E-state index contributed by atoms with van der Waals surface area (Å²) in [6, 6.07) is 0.364. The molecule has 2 fully saturated rings. The average molecular weight is 300 g/mol. The van der Waals surface area contributed by atoms with Gasteiger partial charge in [-0.05, 0) is 40.2 Å². The molecule has 2 unspecified atom stereocenters. The fraction of sp³-hybridized carbons (Fsp3) is 0.933.